The predicted molar refractivity (Wildman–Crippen MR) is 123 cm³/mol. The molecule has 0 heterocycles. The second-order valence-electron chi connectivity index (χ2n) is 10.4. The van der Waals surface area contributed by atoms with Crippen molar-refractivity contribution in [3.05, 3.63) is 42.5 Å². The van der Waals surface area contributed by atoms with Crippen molar-refractivity contribution in [1.82, 2.24) is 0 Å². The molecule has 2 aromatic rings. The maximum absolute atomic E-state index is 13.7. The Morgan fingerprint density at radius 2 is 1.71 bits per heavy atom. The Balaban J connectivity index is 1.21. The molecule has 0 spiro atoms. The normalized spacial score (nSPS) is 29.9. The third-order valence-electron chi connectivity index (χ3n) is 7.70. The van der Waals surface area contributed by atoms with Gasteiger partial charge in [0, 0.05) is 10.8 Å². The number of carbonyl (C=O) groups excluding carboxylic acids is 1. The van der Waals surface area contributed by atoms with Gasteiger partial charge in [-0.25, -0.2) is 4.79 Å². The molecular formula is C25H28F2O7S. The fourth-order valence-electron chi connectivity index (χ4n) is 6.84. The molecule has 10 heteroatoms. The van der Waals surface area contributed by atoms with E-state index in [1.165, 1.54) is 0 Å². The first kappa shape index (κ1) is 24.4. The van der Waals surface area contributed by atoms with Crippen molar-refractivity contribution in [2.24, 2.45) is 17.3 Å². The standard InChI is InChI=1S/C25H28F2O7S/c26-25(27,35(29,30)31)22(28)33-16-23-11-17-10-18(12-23)14-24(13-17,15-23)34-9-8-32-21-7-3-5-19-4-1-2-6-20(19)21/h1-7,17-18H,8-16H2,(H,29,30,31). The molecule has 6 rings (SSSR count). The Kier molecular flexibility index (Phi) is 6.04. The molecule has 4 fully saturated rings. The maximum Gasteiger partial charge on any atom is 0.465 e. The molecule has 2 aromatic carbocycles. The number of benzene rings is 2. The highest BCUT2D eigenvalue weighted by Gasteiger charge is 2.60. The minimum absolute atomic E-state index is 0.318. The van der Waals surface area contributed by atoms with Gasteiger partial charge in [0.25, 0.3) is 0 Å². The molecule has 4 saturated carbocycles. The monoisotopic (exact) mass is 510 g/mol. The fourth-order valence-corrected chi connectivity index (χ4v) is 7.11. The van der Waals surface area contributed by atoms with Crippen LogP contribution in [0.1, 0.15) is 38.5 Å². The highest BCUT2D eigenvalue weighted by Crippen LogP contribution is 2.62. The van der Waals surface area contributed by atoms with Gasteiger partial charge in [-0.3, -0.25) is 4.55 Å². The number of halogens is 2. The molecule has 35 heavy (non-hydrogen) atoms. The first-order valence-corrected chi connectivity index (χ1v) is 13.2. The van der Waals surface area contributed by atoms with Gasteiger partial charge in [-0.1, -0.05) is 36.4 Å². The quantitative estimate of drug-likeness (QED) is 0.299. The molecule has 0 radical (unpaired) electrons. The average molecular weight is 511 g/mol. The molecule has 190 valence electrons. The van der Waals surface area contributed by atoms with Gasteiger partial charge in [0.05, 0.1) is 18.8 Å². The van der Waals surface area contributed by atoms with Gasteiger partial charge < -0.3 is 14.2 Å². The summed E-state index contributed by atoms with van der Waals surface area (Å²) >= 11 is 0. The third kappa shape index (κ3) is 4.63. The highest BCUT2D eigenvalue weighted by atomic mass is 32.2. The van der Waals surface area contributed by atoms with Crippen LogP contribution in [0.4, 0.5) is 8.78 Å². The Morgan fingerprint density at radius 3 is 2.43 bits per heavy atom. The Labute approximate surface area is 202 Å². The van der Waals surface area contributed by atoms with Crippen LogP contribution in [0.5, 0.6) is 5.75 Å². The summed E-state index contributed by atoms with van der Waals surface area (Å²) in [4.78, 5) is 11.8. The molecular weight excluding hydrogens is 482 g/mol. The summed E-state index contributed by atoms with van der Waals surface area (Å²) in [5.74, 6) is -0.804. The van der Waals surface area contributed by atoms with Crippen molar-refractivity contribution in [1.29, 1.82) is 0 Å². The van der Waals surface area contributed by atoms with Crippen LogP contribution in [0.25, 0.3) is 10.8 Å². The zero-order valence-electron chi connectivity index (χ0n) is 19.1. The summed E-state index contributed by atoms with van der Waals surface area (Å²) in [6, 6.07) is 13.8. The molecule has 4 aliphatic carbocycles. The van der Waals surface area contributed by atoms with Crippen LogP contribution in [0, 0.1) is 17.3 Å². The molecule has 4 bridgehead atoms. The Morgan fingerprint density at radius 1 is 1.03 bits per heavy atom. The molecule has 1 N–H and O–H groups in total. The lowest BCUT2D eigenvalue weighted by atomic mass is 9.48. The highest BCUT2D eigenvalue weighted by molar-refractivity contribution is 7.87. The second kappa shape index (κ2) is 8.67. The van der Waals surface area contributed by atoms with Crippen molar-refractivity contribution >= 4 is 26.9 Å². The minimum atomic E-state index is -5.89. The van der Waals surface area contributed by atoms with Crippen LogP contribution >= 0.6 is 0 Å². The van der Waals surface area contributed by atoms with E-state index in [1.54, 1.807) is 0 Å². The lowest BCUT2D eigenvalue weighted by Crippen LogP contribution is -2.58. The van der Waals surface area contributed by atoms with Crippen molar-refractivity contribution in [3.63, 3.8) is 0 Å². The minimum Gasteiger partial charge on any atom is -0.491 e. The van der Waals surface area contributed by atoms with Gasteiger partial charge in [-0.05, 0) is 61.8 Å². The van der Waals surface area contributed by atoms with E-state index in [1.807, 2.05) is 42.5 Å². The van der Waals surface area contributed by atoms with Crippen molar-refractivity contribution in [2.45, 2.75) is 49.4 Å². The van der Waals surface area contributed by atoms with Gasteiger partial charge in [0.1, 0.15) is 12.4 Å². The lowest BCUT2D eigenvalue weighted by molar-refractivity contribution is -0.211. The first-order valence-electron chi connectivity index (χ1n) is 11.8. The van der Waals surface area contributed by atoms with Crippen LogP contribution < -0.4 is 4.74 Å². The SMILES string of the molecule is O=C(OCC12CC3CC(C1)CC(OCCOc1cccc4ccccc14)(C3)C2)C(F)(F)S(=O)(=O)O. The summed E-state index contributed by atoms with van der Waals surface area (Å²) in [5.41, 5.74) is -0.976. The van der Waals surface area contributed by atoms with E-state index in [0.29, 0.717) is 44.3 Å². The van der Waals surface area contributed by atoms with Crippen molar-refractivity contribution in [2.75, 3.05) is 19.8 Å². The zero-order chi connectivity index (χ0) is 24.9. The van der Waals surface area contributed by atoms with Crippen LogP contribution in [0.3, 0.4) is 0 Å². The number of alkyl halides is 2. The number of ether oxygens (including phenoxy) is 3. The number of hydrogen-bond donors (Lipinski definition) is 1. The van der Waals surface area contributed by atoms with Crippen LogP contribution in [0.15, 0.2) is 42.5 Å². The molecule has 2 unspecified atom stereocenters. The average Bonchev–Trinajstić information content (AvgIpc) is 2.79. The Bertz CT molecular complexity index is 1210. The van der Waals surface area contributed by atoms with Crippen LogP contribution in [-0.2, 0) is 24.4 Å². The number of esters is 1. The third-order valence-corrected chi connectivity index (χ3v) is 8.51. The summed E-state index contributed by atoms with van der Waals surface area (Å²) in [5, 5.41) is -2.88. The van der Waals surface area contributed by atoms with Crippen LogP contribution in [0.2, 0.25) is 0 Å². The van der Waals surface area contributed by atoms with Gasteiger partial charge in [0.15, 0.2) is 0 Å². The van der Waals surface area contributed by atoms with E-state index >= 15 is 0 Å². The van der Waals surface area contributed by atoms with E-state index < -0.39 is 32.4 Å². The number of carbonyl (C=O) groups is 1. The maximum atomic E-state index is 13.7. The largest absolute Gasteiger partial charge is 0.491 e. The molecule has 0 saturated heterocycles. The van der Waals surface area contributed by atoms with Crippen molar-refractivity contribution in [3.8, 4) is 5.75 Å². The van der Waals surface area contributed by atoms with E-state index in [2.05, 4.69) is 0 Å². The molecule has 4 aliphatic rings. The summed E-state index contributed by atoms with van der Waals surface area (Å²) in [6.45, 7) is 0.397. The summed E-state index contributed by atoms with van der Waals surface area (Å²) < 4.78 is 74.9. The van der Waals surface area contributed by atoms with E-state index in [4.69, 9.17) is 18.8 Å². The van der Waals surface area contributed by atoms with E-state index in [9.17, 15) is 22.0 Å². The molecule has 7 nitrogen and oxygen atoms in total. The second-order valence-corrected chi connectivity index (χ2v) is 11.8. The molecule has 0 amide bonds. The van der Waals surface area contributed by atoms with Gasteiger partial charge in [-0.15, -0.1) is 0 Å². The van der Waals surface area contributed by atoms with Gasteiger partial charge in [0.2, 0.25) is 0 Å². The number of rotatable bonds is 9. The lowest BCUT2D eigenvalue weighted by Gasteiger charge is -2.61. The Hall–Kier alpha value is -2.30. The fraction of sp³-hybridized carbons (Fsp3) is 0.560. The molecule has 0 aromatic heterocycles. The number of hydrogen-bond acceptors (Lipinski definition) is 6. The number of fused-ring (bicyclic) bond motifs is 1. The van der Waals surface area contributed by atoms with E-state index in [0.717, 1.165) is 35.8 Å². The van der Waals surface area contributed by atoms with Crippen LogP contribution in [-0.4, -0.2) is 49.6 Å². The van der Waals surface area contributed by atoms with Crippen molar-refractivity contribution < 1.29 is 40.8 Å². The van der Waals surface area contributed by atoms with E-state index in [-0.39, 0.29) is 6.61 Å². The van der Waals surface area contributed by atoms with Gasteiger partial charge in [-0.2, -0.15) is 17.2 Å². The molecule has 2 atom stereocenters. The van der Waals surface area contributed by atoms with Gasteiger partial charge >= 0.3 is 21.3 Å². The summed E-state index contributed by atoms with van der Waals surface area (Å²) in [7, 11) is -5.89. The summed E-state index contributed by atoms with van der Waals surface area (Å²) in [6.07, 6.45) is 4.71. The smallest absolute Gasteiger partial charge is 0.465 e. The zero-order valence-corrected chi connectivity index (χ0v) is 19.9. The predicted octanol–water partition coefficient (Wildman–Crippen LogP) is 4.60. The topological polar surface area (TPSA) is 99.1 Å². The first-order chi connectivity index (χ1) is 16.5. The molecule has 0 aliphatic heterocycles.